The van der Waals surface area contributed by atoms with Gasteiger partial charge >= 0.3 is 0 Å². The van der Waals surface area contributed by atoms with Gasteiger partial charge in [0.25, 0.3) is 0 Å². The highest BCUT2D eigenvalue weighted by Gasteiger charge is 2.15. The molecule has 0 bridgehead atoms. The summed E-state index contributed by atoms with van der Waals surface area (Å²) in [5.41, 5.74) is 0. The van der Waals surface area contributed by atoms with Crippen molar-refractivity contribution in [2.75, 3.05) is 25.5 Å². The minimum atomic E-state index is -3.44. The molecule has 0 aromatic carbocycles. The van der Waals surface area contributed by atoms with Crippen molar-refractivity contribution < 1.29 is 13.2 Å². The van der Waals surface area contributed by atoms with E-state index in [0.29, 0.717) is 22.6 Å². The van der Waals surface area contributed by atoms with E-state index in [1.807, 2.05) is 6.92 Å². The normalized spacial score (nSPS) is 11.3. The number of nitrogens with zero attached hydrogens (tertiary/aromatic N) is 2. The number of rotatable bonds is 7. The van der Waals surface area contributed by atoms with Crippen LogP contribution >= 0.6 is 11.3 Å². The summed E-state index contributed by atoms with van der Waals surface area (Å²) in [5, 5.41) is 2.92. The monoisotopic (exact) mass is 328 g/mol. The van der Waals surface area contributed by atoms with Gasteiger partial charge in [0, 0.05) is 30.2 Å². The molecule has 2 heterocycles. The van der Waals surface area contributed by atoms with E-state index in [4.69, 9.17) is 4.74 Å². The second-order valence-electron chi connectivity index (χ2n) is 4.11. The van der Waals surface area contributed by atoms with Gasteiger partial charge in [-0.15, -0.1) is 11.3 Å². The molecule has 0 atom stereocenters. The van der Waals surface area contributed by atoms with Gasteiger partial charge in [-0.2, -0.15) is 4.98 Å². The van der Waals surface area contributed by atoms with Crippen molar-refractivity contribution in [1.82, 2.24) is 14.7 Å². The molecule has 0 radical (unpaired) electrons. The topological polar surface area (TPSA) is 93.2 Å². The van der Waals surface area contributed by atoms with Crippen LogP contribution in [0.5, 0.6) is 5.88 Å². The lowest BCUT2D eigenvalue weighted by Gasteiger charge is -2.07. The van der Waals surface area contributed by atoms with E-state index in [1.54, 1.807) is 24.4 Å². The predicted octanol–water partition coefficient (Wildman–Crippen LogP) is 1.25. The molecule has 0 unspecified atom stereocenters. The molecule has 21 heavy (non-hydrogen) atoms. The van der Waals surface area contributed by atoms with E-state index >= 15 is 0 Å². The molecule has 0 saturated carbocycles. The van der Waals surface area contributed by atoms with Gasteiger partial charge in [-0.1, -0.05) is 0 Å². The first-order valence-electron chi connectivity index (χ1n) is 6.18. The minimum absolute atomic E-state index is 0.236. The third kappa shape index (κ3) is 4.38. The fourth-order valence-electron chi connectivity index (χ4n) is 1.53. The van der Waals surface area contributed by atoms with Gasteiger partial charge in [0.05, 0.1) is 7.11 Å². The van der Waals surface area contributed by atoms with Crippen molar-refractivity contribution in [3.63, 3.8) is 0 Å². The molecule has 0 fully saturated rings. The predicted molar refractivity (Wildman–Crippen MR) is 81.3 cm³/mol. The Morgan fingerprint density at radius 3 is 2.76 bits per heavy atom. The van der Waals surface area contributed by atoms with Gasteiger partial charge < -0.3 is 10.1 Å². The van der Waals surface area contributed by atoms with E-state index in [9.17, 15) is 8.42 Å². The molecule has 0 aliphatic heterocycles. The minimum Gasteiger partial charge on any atom is -0.481 e. The second-order valence-corrected chi connectivity index (χ2v) is 7.39. The van der Waals surface area contributed by atoms with Crippen LogP contribution in [0.15, 0.2) is 28.6 Å². The van der Waals surface area contributed by atoms with Crippen LogP contribution in [-0.4, -0.2) is 38.6 Å². The highest BCUT2D eigenvalue weighted by Crippen LogP contribution is 2.19. The van der Waals surface area contributed by atoms with Crippen molar-refractivity contribution in [1.29, 1.82) is 0 Å². The number of methoxy groups -OCH3 is 1. The molecule has 0 saturated heterocycles. The van der Waals surface area contributed by atoms with Gasteiger partial charge in [0.2, 0.25) is 21.9 Å². The first-order chi connectivity index (χ1) is 10.0. The summed E-state index contributed by atoms with van der Waals surface area (Å²) in [6, 6.07) is 5.01. The molecule has 0 spiro atoms. The summed E-state index contributed by atoms with van der Waals surface area (Å²) in [4.78, 5) is 9.03. The van der Waals surface area contributed by atoms with Gasteiger partial charge in [-0.25, -0.2) is 18.1 Å². The Balaban J connectivity index is 1.84. The Labute approximate surface area is 127 Å². The molecule has 2 aromatic rings. The molecule has 9 heteroatoms. The maximum atomic E-state index is 12.0. The Hall–Kier alpha value is -1.71. The van der Waals surface area contributed by atoms with Crippen molar-refractivity contribution in [3.05, 3.63) is 29.3 Å². The zero-order chi connectivity index (χ0) is 15.3. The lowest BCUT2D eigenvalue weighted by molar-refractivity contribution is 0.397. The standard InChI is InChI=1S/C12H16N4O3S2/c1-9-3-4-11(20-9)21(17,18)15-8-7-14-12-13-6-5-10(16-12)19-2/h3-6,15H,7-8H2,1-2H3,(H,13,14,16). The quantitative estimate of drug-likeness (QED) is 0.743. The number of aromatic nitrogens is 2. The highest BCUT2D eigenvalue weighted by molar-refractivity contribution is 7.91. The van der Waals surface area contributed by atoms with E-state index in [0.717, 1.165) is 4.88 Å². The number of aryl methyl sites for hydroxylation is 1. The average Bonchev–Trinajstić information content (AvgIpc) is 2.91. The first-order valence-corrected chi connectivity index (χ1v) is 8.48. The fraction of sp³-hybridized carbons (Fsp3) is 0.333. The van der Waals surface area contributed by atoms with Crippen LogP contribution in [0, 0.1) is 6.92 Å². The largest absolute Gasteiger partial charge is 0.481 e. The van der Waals surface area contributed by atoms with E-state index < -0.39 is 10.0 Å². The Bertz CT molecular complexity index is 700. The number of ether oxygens (including phenoxy) is 1. The molecule has 2 N–H and O–H groups in total. The van der Waals surface area contributed by atoms with Gasteiger partial charge in [-0.05, 0) is 19.1 Å². The summed E-state index contributed by atoms with van der Waals surface area (Å²) in [6.07, 6.45) is 1.56. The van der Waals surface area contributed by atoms with Crippen LogP contribution in [-0.2, 0) is 10.0 Å². The van der Waals surface area contributed by atoms with Gasteiger partial charge in [0.15, 0.2) is 0 Å². The van der Waals surface area contributed by atoms with Gasteiger partial charge in [-0.3, -0.25) is 0 Å². The zero-order valence-corrected chi connectivity index (χ0v) is 13.3. The average molecular weight is 328 g/mol. The summed E-state index contributed by atoms with van der Waals surface area (Å²) in [6.45, 7) is 2.47. The Kier molecular flexibility index (Phi) is 5.10. The summed E-state index contributed by atoms with van der Waals surface area (Å²) in [7, 11) is -1.93. The number of sulfonamides is 1. The van der Waals surface area contributed by atoms with E-state index in [2.05, 4.69) is 20.0 Å². The van der Waals surface area contributed by atoms with E-state index in [-0.39, 0.29) is 6.54 Å². The maximum absolute atomic E-state index is 12.0. The van der Waals surface area contributed by atoms with Crippen molar-refractivity contribution >= 4 is 27.3 Å². The van der Waals surface area contributed by atoms with Gasteiger partial charge in [0.1, 0.15) is 4.21 Å². The molecular formula is C12H16N4O3S2. The second kappa shape index (κ2) is 6.83. The number of nitrogens with one attached hydrogen (secondary N) is 2. The lowest BCUT2D eigenvalue weighted by Crippen LogP contribution is -2.28. The maximum Gasteiger partial charge on any atom is 0.250 e. The molecule has 7 nitrogen and oxygen atoms in total. The lowest BCUT2D eigenvalue weighted by atomic mass is 10.5. The molecule has 2 rings (SSSR count). The third-order valence-corrected chi connectivity index (χ3v) is 5.47. The smallest absolute Gasteiger partial charge is 0.250 e. The van der Waals surface area contributed by atoms with Crippen molar-refractivity contribution in [2.45, 2.75) is 11.1 Å². The van der Waals surface area contributed by atoms with Crippen LogP contribution < -0.4 is 14.8 Å². The Morgan fingerprint density at radius 1 is 1.29 bits per heavy atom. The number of hydrogen-bond donors (Lipinski definition) is 2. The molecule has 2 aromatic heterocycles. The SMILES string of the molecule is COc1ccnc(NCCNS(=O)(=O)c2ccc(C)s2)n1. The molecule has 0 aliphatic carbocycles. The molecule has 114 valence electrons. The summed E-state index contributed by atoms with van der Waals surface area (Å²) in [5.74, 6) is 0.836. The van der Waals surface area contributed by atoms with Crippen LogP contribution in [0.2, 0.25) is 0 Å². The number of hydrogen-bond acceptors (Lipinski definition) is 7. The zero-order valence-electron chi connectivity index (χ0n) is 11.7. The van der Waals surface area contributed by atoms with Crippen molar-refractivity contribution in [2.24, 2.45) is 0 Å². The first kappa shape index (κ1) is 15.7. The number of thiophene rings is 1. The Morgan fingerprint density at radius 2 is 2.10 bits per heavy atom. The van der Waals surface area contributed by atoms with Crippen LogP contribution in [0.3, 0.4) is 0 Å². The number of anilines is 1. The molecular weight excluding hydrogens is 312 g/mol. The van der Waals surface area contributed by atoms with Crippen LogP contribution in [0.1, 0.15) is 4.88 Å². The third-order valence-electron chi connectivity index (χ3n) is 2.52. The van der Waals surface area contributed by atoms with Crippen LogP contribution in [0.4, 0.5) is 5.95 Å². The highest BCUT2D eigenvalue weighted by atomic mass is 32.2. The molecule has 0 aliphatic rings. The molecule has 0 amide bonds. The fourth-order valence-corrected chi connectivity index (χ4v) is 3.89. The summed E-state index contributed by atoms with van der Waals surface area (Å²) >= 11 is 1.24. The van der Waals surface area contributed by atoms with Crippen LogP contribution in [0.25, 0.3) is 0 Å². The summed E-state index contributed by atoms with van der Waals surface area (Å²) < 4.78 is 31.8. The van der Waals surface area contributed by atoms with Crippen molar-refractivity contribution in [3.8, 4) is 5.88 Å². The van der Waals surface area contributed by atoms with E-state index in [1.165, 1.54) is 18.4 Å².